The van der Waals surface area contributed by atoms with Gasteiger partial charge in [-0.3, -0.25) is 4.79 Å². The molecule has 1 heterocycles. The minimum absolute atomic E-state index is 0. The first kappa shape index (κ1) is 15.7. The highest BCUT2D eigenvalue weighted by Gasteiger charge is 2.30. The van der Waals surface area contributed by atoms with E-state index in [-0.39, 0.29) is 18.3 Å². The second-order valence-electron chi connectivity index (χ2n) is 4.70. The third kappa shape index (κ3) is 3.63. The molecule has 0 saturated carbocycles. The number of hydrogen-bond acceptors (Lipinski definition) is 2. The molecule has 96 valence electrons. The fourth-order valence-electron chi connectivity index (χ4n) is 2.13. The fraction of sp³-hybridized carbons (Fsp3) is 0.917. The summed E-state index contributed by atoms with van der Waals surface area (Å²) in [6.45, 7) is 7.40. The first-order valence-electron chi connectivity index (χ1n) is 6.08. The van der Waals surface area contributed by atoms with Crippen LogP contribution in [0.25, 0.3) is 0 Å². The summed E-state index contributed by atoms with van der Waals surface area (Å²) in [6, 6.07) is 0.685. The maximum absolute atomic E-state index is 12.2. The van der Waals surface area contributed by atoms with Gasteiger partial charge < -0.3 is 10.2 Å². The van der Waals surface area contributed by atoms with Crippen molar-refractivity contribution in [2.75, 3.05) is 13.6 Å². The highest BCUT2D eigenvalue weighted by atomic mass is 35.5. The highest BCUT2D eigenvalue weighted by molar-refractivity contribution is 5.85. The monoisotopic (exact) mass is 248 g/mol. The molecule has 0 radical (unpaired) electrons. The number of hydrogen-bond donors (Lipinski definition) is 1. The van der Waals surface area contributed by atoms with E-state index in [1.54, 1.807) is 0 Å². The third-order valence-electron chi connectivity index (χ3n) is 3.68. The lowest BCUT2D eigenvalue weighted by Gasteiger charge is -2.34. The maximum atomic E-state index is 12.2. The summed E-state index contributed by atoms with van der Waals surface area (Å²) in [5, 5.41) is 3.38. The summed E-state index contributed by atoms with van der Waals surface area (Å²) in [7, 11) is 1.93. The molecule has 1 saturated heterocycles. The van der Waals surface area contributed by atoms with E-state index in [1.807, 2.05) is 11.9 Å². The lowest BCUT2D eigenvalue weighted by atomic mass is 9.90. The number of carbonyl (C=O) groups is 1. The van der Waals surface area contributed by atoms with Crippen LogP contribution in [0.5, 0.6) is 0 Å². The van der Waals surface area contributed by atoms with E-state index < -0.39 is 0 Å². The molecule has 1 aliphatic rings. The van der Waals surface area contributed by atoms with Gasteiger partial charge in [-0.2, -0.15) is 0 Å². The molecule has 0 spiro atoms. The van der Waals surface area contributed by atoms with E-state index in [2.05, 4.69) is 26.1 Å². The number of piperidine rings is 1. The van der Waals surface area contributed by atoms with E-state index in [0.29, 0.717) is 18.0 Å². The van der Waals surface area contributed by atoms with Crippen LogP contribution in [0.2, 0.25) is 0 Å². The Kier molecular flexibility index (Phi) is 7.00. The summed E-state index contributed by atoms with van der Waals surface area (Å²) >= 11 is 0. The van der Waals surface area contributed by atoms with Crippen molar-refractivity contribution in [2.45, 2.75) is 52.1 Å². The Morgan fingerprint density at radius 2 is 2.19 bits per heavy atom. The molecule has 0 aromatic carbocycles. The second-order valence-corrected chi connectivity index (χ2v) is 4.70. The van der Waals surface area contributed by atoms with Crippen molar-refractivity contribution in [3.05, 3.63) is 0 Å². The van der Waals surface area contributed by atoms with Gasteiger partial charge in [-0.05, 0) is 39.7 Å². The van der Waals surface area contributed by atoms with Gasteiger partial charge in [0.25, 0.3) is 0 Å². The van der Waals surface area contributed by atoms with Crippen LogP contribution in [0, 0.1) is 5.92 Å². The number of nitrogens with zero attached hydrogens (tertiary/aromatic N) is 1. The molecule has 3 atom stereocenters. The molecule has 0 aromatic heterocycles. The van der Waals surface area contributed by atoms with Crippen molar-refractivity contribution >= 4 is 18.3 Å². The lowest BCUT2D eigenvalue weighted by Crippen LogP contribution is -2.49. The van der Waals surface area contributed by atoms with Gasteiger partial charge in [-0.25, -0.2) is 0 Å². The average Bonchev–Trinajstić information content (AvgIpc) is 2.26. The summed E-state index contributed by atoms with van der Waals surface area (Å²) in [5.41, 5.74) is 0. The van der Waals surface area contributed by atoms with Gasteiger partial charge in [0.1, 0.15) is 0 Å². The Morgan fingerprint density at radius 3 is 2.69 bits per heavy atom. The van der Waals surface area contributed by atoms with Gasteiger partial charge >= 0.3 is 0 Å². The minimum atomic E-state index is 0. The van der Waals surface area contributed by atoms with E-state index in [9.17, 15) is 4.79 Å². The molecular weight excluding hydrogens is 224 g/mol. The molecule has 1 rings (SSSR count). The largest absolute Gasteiger partial charge is 0.343 e. The Bertz CT molecular complexity index is 223. The standard InChI is InChI=1S/C12H24N2O.ClH/c1-5-9(2)14(4)12(15)11-7-6-8-13-10(11)3;/h9-11,13H,5-8H2,1-4H3;1H/t9?,10-,11-;/m1./s1. The van der Waals surface area contributed by atoms with Gasteiger partial charge in [-0.1, -0.05) is 6.92 Å². The van der Waals surface area contributed by atoms with Gasteiger partial charge in [0.15, 0.2) is 0 Å². The van der Waals surface area contributed by atoms with Crippen molar-refractivity contribution in [3.8, 4) is 0 Å². The molecule has 1 N–H and O–H groups in total. The van der Waals surface area contributed by atoms with Crippen LogP contribution < -0.4 is 5.32 Å². The normalized spacial score (nSPS) is 26.8. The van der Waals surface area contributed by atoms with Crippen LogP contribution in [0.15, 0.2) is 0 Å². The van der Waals surface area contributed by atoms with E-state index in [1.165, 1.54) is 0 Å². The SMILES string of the molecule is CCC(C)N(C)C(=O)[C@@H]1CCCN[C@@H]1C.Cl. The van der Waals surface area contributed by atoms with Gasteiger partial charge in [0.2, 0.25) is 5.91 Å². The summed E-state index contributed by atoms with van der Waals surface area (Å²) in [6.07, 6.45) is 3.18. The van der Waals surface area contributed by atoms with Crippen molar-refractivity contribution in [3.63, 3.8) is 0 Å². The van der Waals surface area contributed by atoms with Gasteiger partial charge in [0.05, 0.1) is 5.92 Å². The Morgan fingerprint density at radius 1 is 1.56 bits per heavy atom. The van der Waals surface area contributed by atoms with Gasteiger partial charge in [-0.15, -0.1) is 12.4 Å². The van der Waals surface area contributed by atoms with Crippen molar-refractivity contribution in [2.24, 2.45) is 5.92 Å². The second kappa shape index (κ2) is 7.13. The predicted octanol–water partition coefficient (Wildman–Crippen LogP) is 2.05. The van der Waals surface area contributed by atoms with Gasteiger partial charge in [0, 0.05) is 19.1 Å². The molecule has 1 unspecified atom stereocenters. The molecule has 1 aliphatic heterocycles. The zero-order valence-electron chi connectivity index (χ0n) is 10.8. The molecule has 3 nitrogen and oxygen atoms in total. The Balaban J connectivity index is 0.00000225. The van der Waals surface area contributed by atoms with Crippen molar-refractivity contribution in [1.82, 2.24) is 10.2 Å². The summed E-state index contributed by atoms with van der Waals surface area (Å²) in [4.78, 5) is 14.1. The molecular formula is C12H25ClN2O. The zero-order chi connectivity index (χ0) is 11.4. The van der Waals surface area contributed by atoms with Crippen LogP contribution in [0.4, 0.5) is 0 Å². The molecule has 0 aromatic rings. The van der Waals surface area contributed by atoms with E-state index >= 15 is 0 Å². The lowest BCUT2D eigenvalue weighted by molar-refractivity contribution is -0.137. The maximum Gasteiger partial charge on any atom is 0.227 e. The first-order valence-corrected chi connectivity index (χ1v) is 6.08. The number of rotatable bonds is 3. The van der Waals surface area contributed by atoms with Crippen LogP contribution in [-0.2, 0) is 4.79 Å². The predicted molar refractivity (Wildman–Crippen MR) is 70.0 cm³/mol. The molecule has 0 bridgehead atoms. The van der Waals surface area contributed by atoms with E-state index in [0.717, 1.165) is 25.8 Å². The van der Waals surface area contributed by atoms with E-state index in [4.69, 9.17) is 0 Å². The molecule has 0 aliphatic carbocycles. The number of carbonyl (C=O) groups excluding carboxylic acids is 1. The summed E-state index contributed by atoms with van der Waals surface area (Å²) < 4.78 is 0. The third-order valence-corrected chi connectivity index (χ3v) is 3.68. The zero-order valence-corrected chi connectivity index (χ0v) is 11.6. The smallest absolute Gasteiger partial charge is 0.227 e. The van der Waals surface area contributed by atoms with Crippen LogP contribution in [0.3, 0.4) is 0 Å². The Labute approximate surface area is 105 Å². The molecule has 1 fully saturated rings. The molecule has 16 heavy (non-hydrogen) atoms. The molecule has 4 heteroatoms. The van der Waals surface area contributed by atoms with Crippen LogP contribution in [0.1, 0.15) is 40.0 Å². The minimum Gasteiger partial charge on any atom is -0.343 e. The number of halogens is 1. The summed E-state index contributed by atoms with van der Waals surface area (Å²) in [5.74, 6) is 0.488. The van der Waals surface area contributed by atoms with Crippen molar-refractivity contribution < 1.29 is 4.79 Å². The van der Waals surface area contributed by atoms with Crippen LogP contribution in [-0.4, -0.2) is 36.5 Å². The quantitative estimate of drug-likeness (QED) is 0.829. The number of nitrogens with one attached hydrogen (secondary N) is 1. The molecule has 1 amide bonds. The topological polar surface area (TPSA) is 32.3 Å². The van der Waals surface area contributed by atoms with Crippen LogP contribution >= 0.6 is 12.4 Å². The van der Waals surface area contributed by atoms with Crippen molar-refractivity contribution in [1.29, 1.82) is 0 Å². The average molecular weight is 249 g/mol. The highest BCUT2D eigenvalue weighted by Crippen LogP contribution is 2.19. The number of amides is 1. The Hall–Kier alpha value is -0.280. The first-order chi connectivity index (χ1) is 7.07. The fourth-order valence-corrected chi connectivity index (χ4v) is 2.13.